The molecule has 4 rings (SSSR count). The van der Waals surface area contributed by atoms with E-state index in [9.17, 15) is 0 Å². The fourth-order valence-electron chi connectivity index (χ4n) is 2.75. The molecule has 0 aliphatic carbocycles. The molecule has 0 radical (unpaired) electrons. The lowest BCUT2D eigenvalue weighted by atomic mass is 10.1. The van der Waals surface area contributed by atoms with Crippen LogP contribution in [0.4, 0.5) is 0 Å². The zero-order chi connectivity index (χ0) is 14.8. The van der Waals surface area contributed by atoms with Crippen molar-refractivity contribution in [1.82, 2.24) is 29.8 Å². The van der Waals surface area contributed by atoms with Gasteiger partial charge in [0.1, 0.15) is 6.33 Å². The van der Waals surface area contributed by atoms with Gasteiger partial charge >= 0.3 is 0 Å². The summed E-state index contributed by atoms with van der Waals surface area (Å²) < 4.78 is 0. The Morgan fingerprint density at radius 3 is 2.91 bits per heavy atom. The lowest BCUT2D eigenvalue weighted by Crippen LogP contribution is -2.31. The van der Waals surface area contributed by atoms with Gasteiger partial charge in [-0.1, -0.05) is 0 Å². The summed E-state index contributed by atoms with van der Waals surface area (Å²) in [6.45, 7) is 2.79. The van der Waals surface area contributed by atoms with E-state index >= 15 is 0 Å². The Morgan fingerprint density at radius 1 is 1.18 bits per heavy atom. The monoisotopic (exact) mass is 292 g/mol. The first-order valence-corrected chi connectivity index (χ1v) is 7.33. The lowest BCUT2D eigenvalue weighted by molar-refractivity contribution is 0.239. The molecule has 0 saturated heterocycles. The summed E-state index contributed by atoms with van der Waals surface area (Å²) in [5.41, 5.74) is 4.43. The van der Waals surface area contributed by atoms with Crippen molar-refractivity contribution in [2.45, 2.75) is 19.5 Å². The van der Waals surface area contributed by atoms with Gasteiger partial charge in [-0.15, -0.1) is 0 Å². The molecule has 4 heterocycles. The summed E-state index contributed by atoms with van der Waals surface area (Å²) in [7, 11) is 0. The predicted molar refractivity (Wildman–Crippen MR) is 81.7 cm³/mol. The molecule has 0 fully saturated rings. The SMILES string of the molecule is c1c[nH]c(CN2CCc3cnc(-c4cncnc4)nc3C2)c1. The second-order valence-electron chi connectivity index (χ2n) is 5.45. The van der Waals surface area contributed by atoms with E-state index in [1.807, 2.05) is 18.5 Å². The maximum Gasteiger partial charge on any atom is 0.162 e. The van der Waals surface area contributed by atoms with Crippen LogP contribution in [0.3, 0.4) is 0 Å². The van der Waals surface area contributed by atoms with Gasteiger partial charge in [0.05, 0.1) is 11.3 Å². The Balaban J connectivity index is 1.58. The van der Waals surface area contributed by atoms with Crippen LogP contribution in [0.25, 0.3) is 11.4 Å². The highest BCUT2D eigenvalue weighted by atomic mass is 15.1. The largest absolute Gasteiger partial charge is 0.364 e. The van der Waals surface area contributed by atoms with E-state index in [0.29, 0.717) is 5.82 Å². The van der Waals surface area contributed by atoms with Crippen molar-refractivity contribution in [1.29, 1.82) is 0 Å². The fraction of sp³-hybridized carbons (Fsp3) is 0.250. The molecule has 0 atom stereocenters. The first-order valence-electron chi connectivity index (χ1n) is 7.33. The van der Waals surface area contributed by atoms with Crippen LogP contribution in [0.1, 0.15) is 17.0 Å². The van der Waals surface area contributed by atoms with Gasteiger partial charge in [0.2, 0.25) is 0 Å². The highest BCUT2D eigenvalue weighted by Crippen LogP contribution is 2.21. The summed E-state index contributed by atoms with van der Waals surface area (Å²) in [4.78, 5) is 22.9. The van der Waals surface area contributed by atoms with Crippen LogP contribution in [0.15, 0.2) is 43.2 Å². The molecule has 1 aliphatic rings. The van der Waals surface area contributed by atoms with Crippen LogP contribution in [0.2, 0.25) is 0 Å². The van der Waals surface area contributed by atoms with Gasteiger partial charge < -0.3 is 4.98 Å². The molecule has 0 amide bonds. The van der Waals surface area contributed by atoms with Gasteiger partial charge in [0.15, 0.2) is 5.82 Å². The molecule has 1 aliphatic heterocycles. The molecule has 6 nitrogen and oxygen atoms in total. The number of aromatic amines is 1. The lowest BCUT2D eigenvalue weighted by Gasteiger charge is -2.27. The zero-order valence-corrected chi connectivity index (χ0v) is 12.1. The summed E-state index contributed by atoms with van der Waals surface area (Å²) in [5, 5.41) is 0. The third-order valence-electron chi connectivity index (χ3n) is 3.90. The van der Waals surface area contributed by atoms with Crippen molar-refractivity contribution in [2.24, 2.45) is 0 Å². The van der Waals surface area contributed by atoms with Crippen LogP contribution >= 0.6 is 0 Å². The van der Waals surface area contributed by atoms with Crippen LogP contribution in [-0.4, -0.2) is 36.4 Å². The van der Waals surface area contributed by atoms with Gasteiger partial charge in [-0.25, -0.2) is 19.9 Å². The van der Waals surface area contributed by atoms with Crippen LogP contribution in [-0.2, 0) is 19.5 Å². The van der Waals surface area contributed by atoms with E-state index in [4.69, 9.17) is 4.98 Å². The summed E-state index contributed by atoms with van der Waals surface area (Å²) in [5.74, 6) is 0.695. The van der Waals surface area contributed by atoms with Crippen molar-refractivity contribution < 1.29 is 0 Å². The Hall–Kier alpha value is -2.60. The minimum Gasteiger partial charge on any atom is -0.364 e. The molecule has 0 bridgehead atoms. The number of hydrogen-bond donors (Lipinski definition) is 1. The number of hydrogen-bond acceptors (Lipinski definition) is 5. The van der Waals surface area contributed by atoms with Crippen LogP contribution in [0.5, 0.6) is 0 Å². The van der Waals surface area contributed by atoms with E-state index in [1.165, 1.54) is 17.6 Å². The summed E-state index contributed by atoms with van der Waals surface area (Å²) >= 11 is 0. The number of fused-ring (bicyclic) bond motifs is 1. The predicted octanol–water partition coefficient (Wildman–Crippen LogP) is 1.82. The van der Waals surface area contributed by atoms with E-state index in [2.05, 4.69) is 30.9 Å². The second-order valence-corrected chi connectivity index (χ2v) is 5.45. The van der Waals surface area contributed by atoms with Gasteiger partial charge in [-0.05, 0) is 24.1 Å². The molecular weight excluding hydrogens is 276 g/mol. The minimum atomic E-state index is 0.695. The van der Waals surface area contributed by atoms with E-state index in [0.717, 1.165) is 37.3 Å². The molecule has 1 N–H and O–H groups in total. The second kappa shape index (κ2) is 5.65. The number of aromatic nitrogens is 5. The van der Waals surface area contributed by atoms with Crippen LogP contribution < -0.4 is 0 Å². The standard InChI is InChI=1S/C16H16N6/c1-2-14(19-4-1)9-22-5-3-12-8-20-16(21-15(12)10-22)13-6-17-11-18-7-13/h1-2,4,6-8,11,19H,3,5,9-10H2. The molecule has 3 aromatic heterocycles. The molecule has 110 valence electrons. The molecular formula is C16H16N6. The molecule has 0 spiro atoms. The average molecular weight is 292 g/mol. The Bertz CT molecular complexity index is 754. The number of rotatable bonds is 3. The summed E-state index contributed by atoms with van der Waals surface area (Å²) in [6, 6.07) is 4.14. The third kappa shape index (κ3) is 2.60. The van der Waals surface area contributed by atoms with Crippen molar-refractivity contribution >= 4 is 0 Å². The minimum absolute atomic E-state index is 0.695. The molecule has 22 heavy (non-hydrogen) atoms. The Morgan fingerprint density at radius 2 is 2.09 bits per heavy atom. The molecule has 0 saturated carbocycles. The normalized spacial score (nSPS) is 14.7. The van der Waals surface area contributed by atoms with Crippen LogP contribution in [0, 0.1) is 0 Å². The zero-order valence-electron chi connectivity index (χ0n) is 12.1. The quantitative estimate of drug-likeness (QED) is 0.797. The topological polar surface area (TPSA) is 70.6 Å². The third-order valence-corrected chi connectivity index (χ3v) is 3.90. The van der Waals surface area contributed by atoms with Crippen molar-refractivity contribution in [3.8, 4) is 11.4 Å². The number of nitrogens with one attached hydrogen (secondary N) is 1. The van der Waals surface area contributed by atoms with E-state index in [-0.39, 0.29) is 0 Å². The highest BCUT2D eigenvalue weighted by molar-refractivity contribution is 5.52. The van der Waals surface area contributed by atoms with Gasteiger partial charge in [-0.3, -0.25) is 4.90 Å². The van der Waals surface area contributed by atoms with Crippen molar-refractivity contribution in [2.75, 3.05) is 6.54 Å². The fourth-order valence-corrected chi connectivity index (χ4v) is 2.75. The maximum absolute atomic E-state index is 4.72. The van der Waals surface area contributed by atoms with Crippen molar-refractivity contribution in [3.05, 3.63) is 60.2 Å². The van der Waals surface area contributed by atoms with Crippen molar-refractivity contribution in [3.63, 3.8) is 0 Å². The number of nitrogens with zero attached hydrogens (tertiary/aromatic N) is 5. The van der Waals surface area contributed by atoms with E-state index in [1.54, 1.807) is 12.4 Å². The summed E-state index contributed by atoms with van der Waals surface area (Å²) in [6.07, 6.45) is 9.89. The molecule has 0 unspecified atom stereocenters. The molecule has 0 aromatic carbocycles. The molecule has 3 aromatic rings. The maximum atomic E-state index is 4.72. The first-order chi connectivity index (χ1) is 10.9. The molecule has 6 heteroatoms. The Kier molecular flexibility index (Phi) is 3.36. The highest BCUT2D eigenvalue weighted by Gasteiger charge is 2.19. The van der Waals surface area contributed by atoms with Gasteiger partial charge in [0.25, 0.3) is 0 Å². The first kappa shape index (κ1) is 13.1. The van der Waals surface area contributed by atoms with Gasteiger partial charge in [-0.2, -0.15) is 0 Å². The smallest absolute Gasteiger partial charge is 0.162 e. The average Bonchev–Trinajstić information content (AvgIpc) is 3.08. The van der Waals surface area contributed by atoms with E-state index < -0.39 is 0 Å². The van der Waals surface area contributed by atoms with Gasteiger partial charge in [0, 0.05) is 50.1 Å². The number of H-pyrrole nitrogens is 1. The Labute approximate surface area is 128 Å².